The highest BCUT2D eigenvalue weighted by Crippen LogP contribution is 2.46. The summed E-state index contributed by atoms with van der Waals surface area (Å²) in [7, 11) is -5.67. The normalized spacial score (nSPS) is 25.3. The molecule has 7 nitrogen and oxygen atoms in total. The van der Waals surface area contributed by atoms with Crippen LogP contribution in [-0.2, 0) is 9.84 Å². The monoisotopic (exact) mass is 423 g/mol. The molecule has 0 aromatic heterocycles. The Morgan fingerprint density at radius 3 is 2.39 bits per heavy atom. The second-order valence-electron chi connectivity index (χ2n) is 8.56. The maximum absolute atomic E-state index is 12.7. The zero-order valence-corrected chi connectivity index (χ0v) is 16.7. The molecule has 158 valence electrons. The summed E-state index contributed by atoms with van der Waals surface area (Å²) in [6.45, 7) is 6.48. The van der Waals surface area contributed by atoms with Crippen molar-refractivity contribution in [3.8, 4) is 0 Å². The number of hydrogen-bond acceptors (Lipinski definition) is 6. The number of anilines is 1. The van der Waals surface area contributed by atoms with Gasteiger partial charge in [0.05, 0.1) is 9.82 Å². The van der Waals surface area contributed by atoms with Gasteiger partial charge in [-0.1, -0.05) is 20.8 Å². The molecule has 0 radical (unpaired) electrons. The fourth-order valence-electron chi connectivity index (χ4n) is 4.27. The van der Waals surface area contributed by atoms with Gasteiger partial charge in [-0.3, -0.25) is 10.1 Å². The first-order valence-electron chi connectivity index (χ1n) is 8.66. The molecule has 0 aliphatic heterocycles. The molecule has 0 bridgehead atoms. The van der Waals surface area contributed by atoms with E-state index in [1.54, 1.807) is 0 Å². The smallest absolute Gasteiger partial charge is 0.379 e. The van der Waals surface area contributed by atoms with Gasteiger partial charge in [0, 0.05) is 18.7 Å². The molecule has 1 aromatic carbocycles. The van der Waals surface area contributed by atoms with Crippen LogP contribution in [0.2, 0.25) is 0 Å². The summed E-state index contributed by atoms with van der Waals surface area (Å²) in [4.78, 5) is 9.24. The predicted octanol–water partition coefficient (Wildman–Crippen LogP) is 3.84. The van der Waals surface area contributed by atoms with E-state index in [4.69, 9.17) is 5.73 Å². The van der Waals surface area contributed by atoms with Crippen molar-refractivity contribution in [2.75, 3.05) is 11.9 Å². The molecule has 1 aliphatic rings. The minimum Gasteiger partial charge on any atom is -0.379 e. The molecule has 3 N–H and O–H groups in total. The lowest BCUT2D eigenvalue weighted by Crippen LogP contribution is -2.45. The molecule has 0 amide bonds. The van der Waals surface area contributed by atoms with Crippen LogP contribution < -0.4 is 11.1 Å². The van der Waals surface area contributed by atoms with Crippen LogP contribution in [-0.4, -0.2) is 31.4 Å². The minimum absolute atomic E-state index is 0.00925. The second kappa shape index (κ2) is 7.18. The first-order valence-corrected chi connectivity index (χ1v) is 10.1. The molecule has 1 fully saturated rings. The SMILES string of the molecule is CC1(C)C[C@H](N)C[C@@](C)(CNc2ccc(S(=O)(=O)C(F)(F)F)cc2[N+](=O)[O-])C1. The Labute approximate surface area is 161 Å². The number of nitro benzene ring substituents is 1. The molecule has 0 unspecified atom stereocenters. The highest BCUT2D eigenvalue weighted by Gasteiger charge is 2.47. The van der Waals surface area contributed by atoms with Crippen molar-refractivity contribution in [2.24, 2.45) is 16.6 Å². The van der Waals surface area contributed by atoms with Gasteiger partial charge in [0.1, 0.15) is 5.69 Å². The number of nitrogens with zero attached hydrogens (tertiary/aromatic N) is 1. The Kier molecular flexibility index (Phi) is 5.75. The number of nitro groups is 1. The fourth-order valence-corrected chi connectivity index (χ4v) is 5.05. The maximum Gasteiger partial charge on any atom is 0.501 e. The second-order valence-corrected chi connectivity index (χ2v) is 10.5. The number of alkyl halides is 3. The van der Waals surface area contributed by atoms with Gasteiger partial charge >= 0.3 is 5.51 Å². The molecule has 0 spiro atoms. The fraction of sp³-hybridized carbons (Fsp3) is 0.647. The van der Waals surface area contributed by atoms with Crippen LogP contribution >= 0.6 is 0 Å². The summed E-state index contributed by atoms with van der Waals surface area (Å²) in [6, 6.07) is 2.12. The van der Waals surface area contributed by atoms with Crippen LogP contribution in [0.4, 0.5) is 24.5 Å². The lowest BCUT2D eigenvalue weighted by Gasteiger charge is -2.45. The zero-order valence-electron chi connectivity index (χ0n) is 15.8. The van der Waals surface area contributed by atoms with Crippen molar-refractivity contribution in [1.82, 2.24) is 0 Å². The quantitative estimate of drug-likeness (QED) is 0.549. The van der Waals surface area contributed by atoms with Crippen molar-refractivity contribution in [3.05, 3.63) is 28.3 Å². The summed E-state index contributed by atoms with van der Waals surface area (Å²) < 4.78 is 61.2. The molecule has 0 saturated heterocycles. The lowest BCUT2D eigenvalue weighted by atomic mass is 9.63. The zero-order chi connectivity index (χ0) is 21.5. The van der Waals surface area contributed by atoms with Gasteiger partial charge < -0.3 is 11.1 Å². The summed E-state index contributed by atoms with van der Waals surface area (Å²) in [5.41, 5.74) is -0.450. The maximum atomic E-state index is 12.7. The van der Waals surface area contributed by atoms with Crippen LogP contribution in [0.5, 0.6) is 0 Å². The molecule has 2 rings (SSSR count). The molecular formula is C17H24F3N3O4S. The summed E-state index contributed by atoms with van der Waals surface area (Å²) in [5, 5.41) is 14.2. The third-order valence-electron chi connectivity index (χ3n) is 4.96. The molecule has 0 heterocycles. The van der Waals surface area contributed by atoms with E-state index in [1.165, 1.54) is 0 Å². The average Bonchev–Trinajstić information content (AvgIpc) is 2.49. The summed E-state index contributed by atoms with van der Waals surface area (Å²) in [6.07, 6.45) is 2.36. The number of benzene rings is 1. The van der Waals surface area contributed by atoms with Crippen LogP contribution in [0.1, 0.15) is 40.0 Å². The Morgan fingerprint density at radius 2 is 1.89 bits per heavy atom. The molecule has 2 atom stereocenters. The Morgan fingerprint density at radius 1 is 1.29 bits per heavy atom. The average molecular weight is 423 g/mol. The van der Waals surface area contributed by atoms with Crippen molar-refractivity contribution < 1.29 is 26.5 Å². The van der Waals surface area contributed by atoms with Gasteiger partial charge in [-0.2, -0.15) is 13.2 Å². The number of halogens is 3. The molecule has 28 heavy (non-hydrogen) atoms. The molecule has 11 heteroatoms. The first-order chi connectivity index (χ1) is 12.6. The third-order valence-corrected chi connectivity index (χ3v) is 6.45. The Balaban J connectivity index is 2.31. The predicted molar refractivity (Wildman–Crippen MR) is 98.5 cm³/mol. The van der Waals surface area contributed by atoms with E-state index in [1.807, 2.05) is 6.92 Å². The van der Waals surface area contributed by atoms with E-state index < -0.39 is 30.9 Å². The van der Waals surface area contributed by atoms with Gasteiger partial charge in [-0.15, -0.1) is 0 Å². The van der Waals surface area contributed by atoms with E-state index >= 15 is 0 Å². The van der Waals surface area contributed by atoms with Gasteiger partial charge in [-0.25, -0.2) is 8.42 Å². The van der Waals surface area contributed by atoms with Crippen LogP contribution in [0.15, 0.2) is 23.1 Å². The van der Waals surface area contributed by atoms with Gasteiger partial charge in [-0.05, 0) is 42.2 Å². The van der Waals surface area contributed by atoms with Crippen LogP contribution in [0.25, 0.3) is 0 Å². The third kappa shape index (κ3) is 4.75. The van der Waals surface area contributed by atoms with Crippen molar-refractivity contribution in [2.45, 2.75) is 56.5 Å². The number of sulfone groups is 1. The van der Waals surface area contributed by atoms with Crippen LogP contribution in [0, 0.1) is 20.9 Å². The number of hydrogen-bond donors (Lipinski definition) is 2. The highest BCUT2D eigenvalue weighted by molar-refractivity contribution is 7.92. The molecule has 1 aliphatic carbocycles. The number of nitrogens with one attached hydrogen (secondary N) is 1. The summed E-state index contributed by atoms with van der Waals surface area (Å²) >= 11 is 0. The number of rotatable bonds is 5. The topological polar surface area (TPSA) is 115 Å². The van der Waals surface area contributed by atoms with E-state index in [-0.39, 0.29) is 22.6 Å². The highest BCUT2D eigenvalue weighted by atomic mass is 32.2. The molecule has 1 aromatic rings. The standard InChI is InChI=1S/C17H24F3N3O4S/c1-15(2)7-11(21)8-16(3,9-15)10-22-13-5-4-12(6-14(13)23(24)25)28(26,27)17(18,19)20/h4-6,11,22H,7-10,21H2,1-3H3/t11-,16+/m0/s1. The van der Waals surface area contributed by atoms with Gasteiger partial charge in [0.25, 0.3) is 15.5 Å². The minimum atomic E-state index is -5.67. The van der Waals surface area contributed by atoms with E-state index in [0.29, 0.717) is 19.0 Å². The first kappa shape index (κ1) is 22.4. The van der Waals surface area contributed by atoms with Crippen molar-refractivity contribution in [1.29, 1.82) is 0 Å². The molecule has 1 saturated carbocycles. The van der Waals surface area contributed by atoms with E-state index in [2.05, 4.69) is 19.2 Å². The molecular weight excluding hydrogens is 399 g/mol. The van der Waals surface area contributed by atoms with Crippen molar-refractivity contribution >= 4 is 21.2 Å². The van der Waals surface area contributed by atoms with Crippen molar-refractivity contribution in [3.63, 3.8) is 0 Å². The van der Waals surface area contributed by atoms with Gasteiger partial charge in [0.15, 0.2) is 0 Å². The Bertz CT molecular complexity index is 871. The summed E-state index contributed by atoms with van der Waals surface area (Å²) in [5.74, 6) is 0. The van der Waals surface area contributed by atoms with E-state index in [0.717, 1.165) is 25.0 Å². The largest absolute Gasteiger partial charge is 0.501 e. The lowest BCUT2D eigenvalue weighted by molar-refractivity contribution is -0.384. The number of nitrogens with two attached hydrogens (primary N) is 1. The van der Waals surface area contributed by atoms with Gasteiger partial charge in [0.2, 0.25) is 0 Å². The van der Waals surface area contributed by atoms with E-state index in [9.17, 15) is 31.7 Å². The Hall–Kier alpha value is -1.88. The van der Waals surface area contributed by atoms with Crippen LogP contribution in [0.3, 0.4) is 0 Å².